The third-order valence-corrected chi connectivity index (χ3v) is 6.35. The number of carbonyl (C=O) groups excluding carboxylic acids is 3. The largest absolute Gasteiger partial charge is 0.449 e. The highest BCUT2D eigenvalue weighted by atomic mass is 35.5. The zero-order chi connectivity index (χ0) is 25.7. The lowest BCUT2D eigenvalue weighted by Gasteiger charge is -2.34. The summed E-state index contributed by atoms with van der Waals surface area (Å²) in [7, 11) is 0. The number of piperazine rings is 1. The molecule has 2 heterocycles. The molecule has 36 heavy (non-hydrogen) atoms. The van der Waals surface area contributed by atoms with Crippen molar-refractivity contribution >= 4 is 40.4 Å². The summed E-state index contributed by atoms with van der Waals surface area (Å²) in [5, 5.41) is 4.06. The van der Waals surface area contributed by atoms with Crippen molar-refractivity contribution in [1.29, 1.82) is 0 Å². The van der Waals surface area contributed by atoms with Crippen molar-refractivity contribution < 1.29 is 19.1 Å². The lowest BCUT2D eigenvalue weighted by molar-refractivity contribution is 0.0560. The van der Waals surface area contributed by atoms with Crippen molar-refractivity contribution in [2.45, 2.75) is 20.3 Å². The van der Waals surface area contributed by atoms with E-state index in [1.807, 2.05) is 26.0 Å². The van der Waals surface area contributed by atoms with E-state index in [0.717, 1.165) is 17.4 Å². The van der Waals surface area contributed by atoms with Gasteiger partial charge in [0.2, 0.25) is 0 Å². The number of fused-ring (bicyclic) bond motifs is 1. The number of amides is 3. The molecular formula is C27H29ClN4O4. The van der Waals surface area contributed by atoms with Crippen LogP contribution in [-0.4, -0.2) is 72.0 Å². The van der Waals surface area contributed by atoms with Crippen molar-refractivity contribution in [3.05, 3.63) is 64.7 Å². The van der Waals surface area contributed by atoms with Gasteiger partial charge in [-0.3, -0.25) is 9.59 Å². The maximum Gasteiger partial charge on any atom is 0.409 e. The minimum absolute atomic E-state index is 0.118. The quantitative estimate of drug-likeness (QED) is 0.525. The van der Waals surface area contributed by atoms with Crippen LogP contribution in [0.2, 0.25) is 5.02 Å². The average Bonchev–Trinajstić information content (AvgIpc) is 2.91. The van der Waals surface area contributed by atoms with Gasteiger partial charge in [0.15, 0.2) is 0 Å². The van der Waals surface area contributed by atoms with Crippen LogP contribution in [0, 0.1) is 0 Å². The molecule has 0 radical (unpaired) electrons. The average molecular weight is 509 g/mol. The minimum Gasteiger partial charge on any atom is -0.449 e. The van der Waals surface area contributed by atoms with E-state index in [9.17, 15) is 14.4 Å². The van der Waals surface area contributed by atoms with Gasteiger partial charge in [-0.05, 0) is 43.7 Å². The first kappa shape index (κ1) is 25.4. The molecule has 9 heteroatoms. The van der Waals surface area contributed by atoms with E-state index >= 15 is 0 Å². The molecule has 1 fully saturated rings. The van der Waals surface area contributed by atoms with E-state index in [2.05, 4.69) is 5.32 Å². The zero-order valence-electron chi connectivity index (χ0n) is 20.4. The Hall–Kier alpha value is -3.65. The van der Waals surface area contributed by atoms with Gasteiger partial charge in [0.05, 0.1) is 22.8 Å². The lowest BCUT2D eigenvalue weighted by atomic mass is 10.1. The predicted octanol–water partition coefficient (Wildman–Crippen LogP) is 4.61. The molecule has 2 aromatic carbocycles. The molecule has 0 spiro atoms. The first-order valence-corrected chi connectivity index (χ1v) is 12.5. The molecule has 1 saturated heterocycles. The standard InChI is InChI=1S/C27H29ClN4O4/c1-3-15-36-27(35)32-13-11-31(12-14-32)26(34)20-9-10-21-22(28)17-23(30-24(21)16-20)18-5-7-19(8-6-18)25(33)29-4-2/h5-10,16-17H,3-4,11-15H2,1-2H3,(H,29,33). The number of pyridine rings is 1. The van der Waals surface area contributed by atoms with Crippen LogP contribution < -0.4 is 5.32 Å². The van der Waals surface area contributed by atoms with Gasteiger partial charge in [0.25, 0.3) is 11.8 Å². The SMILES string of the molecule is CCCOC(=O)N1CCN(C(=O)c2ccc3c(Cl)cc(-c4ccc(C(=O)NCC)cc4)nc3c2)CC1. The molecule has 1 aromatic heterocycles. The smallest absolute Gasteiger partial charge is 0.409 e. The monoisotopic (exact) mass is 508 g/mol. The highest BCUT2D eigenvalue weighted by molar-refractivity contribution is 6.35. The molecule has 8 nitrogen and oxygen atoms in total. The molecule has 1 N–H and O–H groups in total. The summed E-state index contributed by atoms with van der Waals surface area (Å²) in [5.74, 6) is -0.247. The second-order valence-electron chi connectivity index (χ2n) is 8.55. The van der Waals surface area contributed by atoms with E-state index in [1.54, 1.807) is 46.2 Å². The summed E-state index contributed by atoms with van der Waals surface area (Å²) in [6.07, 6.45) is 0.438. The fourth-order valence-electron chi connectivity index (χ4n) is 4.08. The van der Waals surface area contributed by atoms with Gasteiger partial charge in [-0.15, -0.1) is 0 Å². The number of rotatable bonds is 6. The highest BCUT2D eigenvalue weighted by Crippen LogP contribution is 2.29. The van der Waals surface area contributed by atoms with Gasteiger partial charge >= 0.3 is 6.09 Å². The van der Waals surface area contributed by atoms with Gasteiger partial charge in [-0.2, -0.15) is 0 Å². The Morgan fingerprint density at radius 1 is 0.944 bits per heavy atom. The first-order chi connectivity index (χ1) is 17.4. The Morgan fingerprint density at radius 3 is 2.28 bits per heavy atom. The third kappa shape index (κ3) is 5.60. The van der Waals surface area contributed by atoms with E-state index < -0.39 is 0 Å². The van der Waals surface area contributed by atoms with Crippen LogP contribution in [0.15, 0.2) is 48.5 Å². The minimum atomic E-state index is -0.333. The number of hydrogen-bond donors (Lipinski definition) is 1. The van der Waals surface area contributed by atoms with Crippen LogP contribution in [0.5, 0.6) is 0 Å². The fourth-order valence-corrected chi connectivity index (χ4v) is 4.34. The van der Waals surface area contributed by atoms with Crippen molar-refractivity contribution in [1.82, 2.24) is 20.1 Å². The molecule has 0 atom stereocenters. The number of nitrogens with zero attached hydrogens (tertiary/aromatic N) is 3. The molecule has 188 valence electrons. The summed E-state index contributed by atoms with van der Waals surface area (Å²) in [6.45, 7) is 6.51. The Morgan fingerprint density at radius 2 is 1.61 bits per heavy atom. The highest BCUT2D eigenvalue weighted by Gasteiger charge is 2.26. The lowest BCUT2D eigenvalue weighted by Crippen LogP contribution is -2.50. The molecular weight excluding hydrogens is 480 g/mol. The molecule has 0 aliphatic carbocycles. The van der Waals surface area contributed by atoms with E-state index in [0.29, 0.717) is 66.7 Å². The van der Waals surface area contributed by atoms with Gasteiger partial charge < -0.3 is 19.9 Å². The van der Waals surface area contributed by atoms with Crippen LogP contribution in [0.25, 0.3) is 22.2 Å². The van der Waals surface area contributed by atoms with Crippen molar-refractivity contribution in [3.63, 3.8) is 0 Å². The Bertz CT molecular complexity index is 1270. The predicted molar refractivity (Wildman–Crippen MR) is 139 cm³/mol. The van der Waals surface area contributed by atoms with E-state index in [-0.39, 0.29) is 17.9 Å². The molecule has 3 aromatic rings. The number of benzene rings is 2. The number of nitrogens with one attached hydrogen (secondary N) is 1. The van der Waals surface area contributed by atoms with Crippen molar-refractivity contribution in [3.8, 4) is 11.3 Å². The van der Waals surface area contributed by atoms with Crippen LogP contribution in [-0.2, 0) is 4.74 Å². The van der Waals surface area contributed by atoms with Crippen LogP contribution >= 0.6 is 11.6 Å². The maximum absolute atomic E-state index is 13.2. The van der Waals surface area contributed by atoms with Gasteiger partial charge in [0.1, 0.15) is 0 Å². The summed E-state index contributed by atoms with van der Waals surface area (Å²) < 4.78 is 5.19. The summed E-state index contributed by atoms with van der Waals surface area (Å²) >= 11 is 6.55. The van der Waals surface area contributed by atoms with Gasteiger partial charge in [-0.25, -0.2) is 9.78 Å². The number of ether oxygens (including phenoxy) is 1. The number of aromatic nitrogens is 1. The van der Waals surface area contributed by atoms with Crippen LogP contribution in [0.4, 0.5) is 4.79 Å². The molecule has 0 unspecified atom stereocenters. The molecule has 3 amide bonds. The van der Waals surface area contributed by atoms with E-state index in [4.69, 9.17) is 21.3 Å². The van der Waals surface area contributed by atoms with Crippen molar-refractivity contribution in [2.24, 2.45) is 0 Å². The number of carbonyl (C=O) groups is 3. The summed E-state index contributed by atoms with van der Waals surface area (Å²) in [4.78, 5) is 45.4. The second-order valence-corrected chi connectivity index (χ2v) is 8.96. The summed E-state index contributed by atoms with van der Waals surface area (Å²) in [5.41, 5.74) is 3.15. The molecule has 1 aliphatic heterocycles. The Kier molecular flexibility index (Phi) is 8.05. The Balaban J connectivity index is 1.51. The number of halogens is 1. The molecule has 0 bridgehead atoms. The third-order valence-electron chi connectivity index (χ3n) is 6.04. The zero-order valence-corrected chi connectivity index (χ0v) is 21.2. The fraction of sp³-hybridized carbons (Fsp3) is 0.333. The topological polar surface area (TPSA) is 91.8 Å². The van der Waals surface area contributed by atoms with Crippen LogP contribution in [0.1, 0.15) is 41.0 Å². The van der Waals surface area contributed by atoms with Crippen molar-refractivity contribution in [2.75, 3.05) is 39.3 Å². The van der Waals surface area contributed by atoms with E-state index in [1.165, 1.54) is 0 Å². The van der Waals surface area contributed by atoms with Gasteiger partial charge in [0, 0.05) is 54.8 Å². The van der Waals surface area contributed by atoms with Gasteiger partial charge in [-0.1, -0.05) is 36.7 Å². The molecule has 1 aliphatic rings. The maximum atomic E-state index is 13.2. The first-order valence-electron chi connectivity index (χ1n) is 12.1. The Labute approximate surface area is 215 Å². The summed E-state index contributed by atoms with van der Waals surface area (Å²) in [6, 6.07) is 14.2. The number of hydrogen-bond acceptors (Lipinski definition) is 5. The molecule has 0 saturated carbocycles. The molecule has 4 rings (SSSR count). The second kappa shape index (κ2) is 11.4. The normalized spacial score (nSPS) is 13.5. The van der Waals surface area contributed by atoms with Crippen LogP contribution in [0.3, 0.4) is 0 Å².